The number of carbonyl (C=O) groups excluding carboxylic acids is 1. The summed E-state index contributed by atoms with van der Waals surface area (Å²) in [7, 11) is 1.42. The van der Waals surface area contributed by atoms with Crippen LogP contribution in [0.2, 0.25) is 10.0 Å². The van der Waals surface area contributed by atoms with Crippen molar-refractivity contribution in [3.8, 4) is 0 Å². The molecule has 1 aliphatic carbocycles. The van der Waals surface area contributed by atoms with Crippen molar-refractivity contribution in [2.75, 3.05) is 7.11 Å². The van der Waals surface area contributed by atoms with E-state index in [2.05, 4.69) is 0 Å². The van der Waals surface area contributed by atoms with Gasteiger partial charge in [-0.15, -0.1) is 0 Å². The van der Waals surface area contributed by atoms with Gasteiger partial charge in [0.05, 0.1) is 17.2 Å². The van der Waals surface area contributed by atoms with Gasteiger partial charge in [0.2, 0.25) is 0 Å². The zero-order valence-corrected chi connectivity index (χ0v) is 13.0. The molecule has 21 heavy (non-hydrogen) atoms. The molecular formula is C17H14Cl2O2. The molecule has 3 rings (SSSR count). The minimum absolute atomic E-state index is 0.114. The second-order valence-electron chi connectivity index (χ2n) is 5.26. The number of benzene rings is 2. The van der Waals surface area contributed by atoms with Gasteiger partial charge >= 0.3 is 5.97 Å². The van der Waals surface area contributed by atoms with E-state index in [0.29, 0.717) is 10.0 Å². The lowest BCUT2D eigenvalue weighted by molar-refractivity contribution is -0.143. The van der Waals surface area contributed by atoms with Crippen molar-refractivity contribution in [1.29, 1.82) is 0 Å². The molecule has 0 aliphatic heterocycles. The van der Waals surface area contributed by atoms with Crippen LogP contribution in [-0.4, -0.2) is 13.1 Å². The molecule has 1 fully saturated rings. The quantitative estimate of drug-likeness (QED) is 0.773. The van der Waals surface area contributed by atoms with Gasteiger partial charge in [0.25, 0.3) is 0 Å². The van der Waals surface area contributed by atoms with E-state index in [-0.39, 0.29) is 11.9 Å². The SMILES string of the molecule is COC(=O)[C@@]1(c2ccc(Cl)c(Cl)c2)C[C@@H]1c1ccccc1. The van der Waals surface area contributed by atoms with Crippen LogP contribution in [0.3, 0.4) is 0 Å². The van der Waals surface area contributed by atoms with Crippen molar-refractivity contribution in [2.24, 2.45) is 0 Å². The minimum Gasteiger partial charge on any atom is -0.468 e. The molecule has 0 heterocycles. The third-order valence-electron chi connectivity index (χ3n) is 4.15. The number of hydrogen-bond acceptors (Lipinski definition) is 2. The van der Waals surface area contributed by atoms with Gasteiger partial charge in [-0.3, -0.25) is 4.79 Å². The van der Waals surface area contributed by atoms with Crippen LogP contribution in [0.1, 0.15) is 23.5 Å². The van der Waals surface area contributed by atoms with Crippen LogP contribution < -0.4 is 0 Å². The molecule has 0 N–H and O–H groups in total. The molecule has 0 saturated heterocycles. The van der Waals surface area contributed by atoms with Crippen molar-refractivity contribution in [2.45, 2.75) is 17.8 Å². The van der Waals surface area contributed by atoms with Gasteiger partial charge in [0.1, 0.15) is 5.41 Å². The van der Waals surface area contributed by atoms with Gasteiger partial charge in [-0.25, -0.2) is 0 Å². The Morgan fingerprint density at radius 1 is 1.14 bits per heavy atom. The lowest BCUT2D eigenvalue weighted by Crippen LogP contribution is -2.24. The first-order valence-electron chi connectivity index (χ1n) is 6.68. The minimum atomic E-state index is -0.648. The molecular weight excluding hydrogens is 307 g/mol. The highest BCUT2D eigenvalue weighted by molar-refractivity contribution is 6.42. The fourth-order valence-corrected chi connectivity index (χ4v) is 3.27. The fourth-order valence-electron chi connectivity index (χ4n) is 2.97. The smallest absolute Gasteiger partial charge is 0.316 e. The Hall–Kier alpha value is -1.51. The van der Waals surface area contributed by atoms with E-state index in [1.165, 1.54) is 7.11 Å². The van der Waals surface area contributed by atoms with E-state index in [9.17, 15) is 4.79 Å². The molecule has 2 atom stereocenters. The monoisotopic (exact) mass is 320 g/mol. The number of methoxy groups -OCH3 is 1. The Kier molecular flexibility index (Phi) is 3.68. The Bertz CT molecular complexity index is 684. The second kappa shape index (κ2) is 5.36. The highest BCUT2D eigenvalue weighted by Gasteiger charge is 2.62. The molecule has 0 radical (unpaired) electrons. The third kappa shape index (κ3) is 2.33. The van der Waals surface area contributed by atoms with E-state index < -0.39 is 5.41 Å². The van der Waals surface area contributed by atoms with Gasteiger partial charge in [-0.1, -0.05) is 59.6 Å². The lowest BCUT2D eigenvalue weighted by Gasteiger charge is -2.16. The number of esters is 1. The molecule has 1 aliphatic rings. The molecule has 2 aromatic rings. The van der Waals surface area contributed by atoms with Gasteiger partial charge < -0.3 is 4.74 Å². The maximum Gasteiger partial charge on any atom is 0.316 e. The van der Waals surface area contributed by atoms with Crippen LogP contribution in [0.25, 0.3) is 0 Å². The number of hydrogen-bond donors (Lipinski definition) is 0. The maximum absolute atomic E-state index is 12.4. The van der Waals surface area contributed by atoms with Gasteiger partial charge in [0, 0.05) is 5.92 Å². The van der Waals surface area contributed by atoms with Gasteiger partial charge in [-0.05, 0) is 29.7 Å². The summed E-state index contributed by atoms with van der Waals surface area (Å²) >= 11 is 12.1. The molecule has 0 spiro atoms. The largest absolute Gasteiger partial charge is 0.468 e. The molecule has 0 unspecified atom stereocenters. The Labute approximate surface area is 133 Å². The molecule has 2 aromatic carbocycles. The zero-order chi connectivity index (χ0) is 15.0. The van der Waals surface area contributed by atoms with Crippen molar-refractivity contribution >= 4 is 29.2 Å². The predicted molar refractivity (Wildman–Crippen MR) is 84.0 cm³/mol. The highest BCUT2D eigenvalue weighted by atomic mass is 35.5. The number of rotatable bonds is 3. The van der Waals surface area contributed by atoms with E-state index in [1.54, 1.807) is 12.1 Å². The first-order valence-corrected chi connectivity index (χ1v) is 7.44. The second-order valence-corrected chi connectivity index (χ2v) is 6.07. The number of halogens is 2. The van der Waals surface area contributed by atoms with Crippen molar-refractivity contribution in [3.05, 3.63) is 69.7 Å². The normalized spacial score (nSPS) is 23.7. The Morgan fingerprint density at radius 2 is 1.86 bits per heavy atom. The van der Waals surface area contributed by atoms with E-state index in [1.807, 2.05) is 36.4 Å². The summed E-state index contributed by atoms with van der Waals surface area (Å²) in [4.78, 5) is 12.4. The van der Waals surface area contributed by atoms with Crippen LogP contribution in [0.4, 0.5) is 0 Å². The first kappa shape index (κ1) is 14.4. The van der Waals surface area contributed by atoms with Crippen LogP contribution in [-0.2, 0) is 14.9 Å². The maximum atomic E-state index is 12.4. The van der Waals surface area contributed by atoms with Crippen LogP contribution in [0, 0.1) is 0 Å². The molecule has 2 nitrogen and oxygen atoms in total. The number of carbonyl (C=O) groups is 1. The number of ether oxygens (including phenoxy) is 1. The lowest BCUT2D eigenvalue weighted by atomic mass is 9.91. The summed E-state index contributed by atoms with van der Waals surface area (Å²) < 4.78 is 5.04. The molecule has 4 heteroatoms. The Morgan fingerprint density at radius 3 is 2.48 bits per heavy atom. The summed E-state index contributed by atoms with van der Waals surface area (Å²) in [5, 5.41) is 0.938. The van der Waals surface area contributed by atoms with E-state index in [4.69, 9.17) is 27.9 Å². The summed E-state index contributed by atoms with van der Waals surface area (Å²) in [5.74, 6) is -0.113. The summed E-state index contributed by atoms with van der Waals surface area (Å²) in [6.07, 6.45) is 0.724. The fraction of sp³-hybridized carbons (Fsp3) is 0.235. The molecule has 1 saturated carbocycles. The van der Waals surface area contributed by atoms with Crippen molar-refractivity contribution in [3.63, 3.8) is 0 Å². The highest BCUT2D eigenvalue weighted by Crippen LogP contribution is 2.61. The average molecular weight is 321 g/mol. The van der Waals surface area contributed by atoms with Crippen molar-refractivity contribution in [1.82, 2.24) is 0 Å². The Balaban J connectivity index is 2.04. The van der Waals surface area contributed by atoms with Crippen LogP contribution in [0.5, 0.6) is 0 Å². The molecule has 108 valence electrons. The van der Waals surface area contributed by atoms with E-state index >= 15 is 0 Å². The molecule has 0 bridgehead atoms. The molecule has 0 amide bonds. The van der Waals surface area contributed by atoms with Crippen LogP contribution in [0.15, 0.2) is 48.5 Å². The van der Waals surface area contributed by atoms with Gasteiger partial charge in [-0.2, -0.15) is 0 Å². The zero-order valence-electron chi connectivity index (χ0n) is 11.5. The molecule has 0 aromatic heterocycles. The third-order valence-corrected chi connectivity index (χ3v) is 4.89. The first-order chi connectivity index (χ1) is 10.1. The van der Waals surface area contributed by atoms with E-state index in [0.717, 1.165) is 17.5 Å². The van der Waals surface area contributed by atoms with Gasteiger partial charge in [0.15, 0.2) is 0 Å². The summed E-state index contributed by atoms with van der Waals surface area (Å²) in [5.41, 5.74) is 1.34. The summed E-state index contributed by atoms with van der Waals surface area (Å²) in [6.45, 7) is 0. The van der Waals surface area contributed by atoms with Crippen molar-refractivity contribution < 1.29 is 9.53 Å². The summed E-state index contributed by atoms with van der Waals surface area (Å²) in [6, 6.07) is 15.3. The standard InChI is InChI=1S/C17H14Cl2O2/c1-21-16(20)17(12-7-8-14(18)15(19)9-12)10-13(17)11-5-3-2-4-6-11/h2-9,13H,10H2,1H3/t13-,17-/m1/s1. The average Bonchev–Trinajstić information content (AvgIpc) is 3.27. The van der Waals surface area contributed by atoms with Crippen LogP contribution >= 0.6 is 23.2 Å². The topological polar surface area (TPSA) is 26.3 Å². The predicted octanol–water partition coefficient (Wildman–Crippen LogP) is 4.59.